The van der Waals surface area contributed by atoms with Gasteiger partial charge in [-0.05, 0) is 30.7 Å². The number of hydrogen-bond donors (Lipinski definition) is 1. The number of benzene rings is 1. The van der Waals surface area contributed by atoms with Gasteiger partial charge in [-0.25, -0.2) is 4.79 Å². The highest BCUT2D eigenvalue weighted by Crippen LogP contribution is 2.25. The van der Waals surface area contributed by atoms with Gasteiger partial charge in [0.25, 0.3) is 0 Å². The van der Waals surface area contributed by atoms with Crippen molar-refractivity contribution in [3.8, 4) is 18.1 Å². The van der Waals surface area contributed by atoms with E-state index >= 15 is 0 Å². The normalized spacial score (nSPS) is 9.50. The molecule has 0 saturated carbocycles. The van der Waals surface area contributed by atoms with Gasteiger partial charge in [-0.15, -0.1) is 18.2 Å². The fourth-order valence-corrected chi connectivity index (χ4v) is 1.81. The van der Waals surface area contributed by atoms with Crippen LogP contribution in [0.2, 0.25) is 0 Å². The number of carbonyl (C=O) groups is 1. The maximum absolute atomic E-state index is 10.3. The molecule has 1 aromatic rings. The molecule has 0 heterocycles. The summed E-state index contributed by atoms with van der Waals surface area (Å²) >= 11 is 1.56. The summed E-state index contributed by atoms with van der Waals surface area (Å²) in [5.41, 5.74) is 0.906. The topological polar surface area (TPSA) is 46.5 Å². The van der Waals surface area contributed by atoms with Crippen molar-refractivity contribution >= 4 is 17.7 Å². The minimum atomic E-state index is -0.981. The third kappa shape index (κ3) is 3.87. The van der Waals surface area contributed by atoms with E-state index in [-0.39, 0.29) is 6.61 Å². The first-order valence-electron chi connectivity index (χ1n) is 4.65. The standard InChI is InChI=1S/C12H12O3S/c1-3-6-16-10-4-5-11(9(2)7-10)15-8-12(13)14/h1,4-5,7H,6,8H2,2H3,(H,13,14). The van der Waals surface area contributed by atoms with E-state index < -0.39 is 5.97 Å². The molecule has 84 valence electrons. The average molecular weight is 236 g/mol. The monoisotopic (exact) mass is 236 g/mol. The third-order valence-corrected chi connectivity index (χ3v) is 2.72. The maximum atomic E-state index is 10.3. The Labute approximate surface area is 98.8 Å². The Kier molecular flexibility index (Phi) is 4.74. The van der Waals surface area contributed by atoms with E-state index in [2.05, 4.69) is 5.92 Å². The number of thioether (sulfide) groups is 1. The van der Waals surface area contributed by atoms with Crippen LogP contribution in [-0.4, -0.2) is 23.4 Å². The van der Waals surface area contributed by atoms with E-state index in [1.807, 2.05) is 19.1 Å². The number of carboxylic acid groups (broad SMARTS) is 1. The lowest BCUT2D eigenvalue weighted by atomic mass is 10.2. The van der Waals surface area contributed by atoms with Crippen LogP contribution < -0.4 is 4.74 Å². The van der Waals surface area contributed by atoms with E-state index in [9.17, 15) is 4.79 Å². The molecule has 1 rings (SSSR count). The molecule has 3 nitrogen and oxygen atoms in total. The van der Waals surface area contributed by atoms with Crippen LogP contribution in [0.3, 0.4) is 0 Å². The lowest BCUT2D eigenvalue weighted by Crippen LogP contribution is -2.09. The summed E-state index contributed by atoms with van der Waals surface area (Å²) < 4.78 is 5.11. The summed E-state index contributed by atoms with van der Waals surface area (Å²) in [5.74, 6) is 2.77. The minimum Gasteiger partial charge on any atom is -0.482 e. The molecular weight excluding hydrogens is 224 g/mol. The van der Waals surface area contributed by atoms with Crippen molar-refractivity contribution < 1.29 is 14.6 Å². The van der Waals surface area contributed by atoms with Gasteiger partial charge in [0.1, 0.15) is 5.75 Å². The van der Waals surface area contributed by atoms with Crippen molar-refractivity contribution in [3.05, 3.63) is 23.8 Å². The summed E-state index contributed by atoms with van der Waals surface area (Å²) in [6.45, 7) is 1.55. The highest BCUT2D eigenvalue weighted by molar-refractivity contribution is 7.99. The summed E-state index contributed by atoms with van der Waals surface area (Å²) in [6, 6.07) is 5.56. The van der Waals surface area contributed by atoms with Gasteiger partial charge in [-0.1, -0.05) is 5.92 Å². The Morgan fingerprint density at radius 1 is 1.62 bits per heavy atom. The lowest BCUT2D eigenvalue weighted by molar-refractivity contribution is -0.139. The third-order valence-electron chi connectivity index (χ3n) is 1.82. The second-order valence-corrected chi connectivity index (χ2v) is 4.15. The molecule has 0 aromatic heterocycles. The van der Waals surface area contributed by atoms with Crippen LogP contribution in [0.5, 0.6) is 5.75 Å². The van der Waals surface area contributed by atoms with Crippen LogP contribution in [-0.2, 0) is 4.79 Å². The SMILES string of the molecule is C#CCSc1ccc(OCC(=O)O)c(C)c1. The van der Waals surface area contributed by atoms with Gasteiger partial charge in [-0.2, -0.15) is 0 Å². The predicted molar refractivity (Wildman–Crippen MR) is 63.9 cm³/mol. The van der Waals surface area contributed by atoms with Gasteiger partial charge in [0.2, 0.25) is 0 Å². The van der Waals surface area contributed by atoms with Crippen molar-refractivity contribution in [1.82, 2.24) is 0 Å². The number of hydrogen-bond acceptors (Lipinski definition) is 3. The molecular formula is C12H12O3S. The molecule has 16 heavy (non-hydrogen) atoms. The number of terminal acetylenes is 1. The van der Waals surface area contributed by atoms with Crippen LogP contribution in [0, 0.1) is 19.3 Å². The van der Waals surface area contributed by atoms with Crippen LogP contribution in [0.1, 0.15) is 5.56 Å². The molecule has 0 spiro atoms. The van der Waals surface area contributed by atoms with Crippen molar-refractivity contribution in [2.75, 3.05) is 12.4 Å². The van der Waals surface area contributed by atoms with Crippen molar-refractivity contribution in [2.45, 2.75) is 11.8 Å². The smallest absolute Gasteiger partial charge is 0.341 e. The molecule has 0 bridgehead atoms. The summed E-state index contributed by atoms with van der Waals surface area (Å²) in [4.78, 5) is 11.4. The van der Waals surface area contributed by atoms with E-state index in [4.69, 9.17) is 16.3 Å². The maximum Gasteiger partial charge on any atom is 0.341 e. The van der Waals surface area contributed by atoms with Crippen molar-refractivity contribution in [1.29, 1.82) is 0 Å². The van der Waals surface area contributed by atoms with Crippen LogP contribution in [0.15, 0.2) is 23.1 Å². The zero-order chi connectivity index (χ0) is 12.0. The van der Waals surface area contributed by atoms with Gasteiger partial charge < -0.3 is 9.84 Å². The molecule has 0 saturated heterocycles. The fourth-order valence-electron chi connectivity index (χ4n) is 1.14. The molecule has 0 aliphatic carbocycles. The Hall–Kier alpha value is -1.60. The second-order valence-electron chi connectivity index (χ2n) is 3.10. The molecule has 0 fully saturated rings. The quantitative estimate of drug-likeness (QED) is 0.628. The molecule has 0 aliphatic rings. The van der Waals surface area contributed by atoms with Crippen LogP contribution in [0.4, 0.5) is 0 Å². The Morgan fingerprint density at radius 2 is 2.38 bits per heavy atom. The van der Waals surface area contributed by atoms with Crippen LogP contribution in [0.25, 0.3) is 0 Å². The van der Waals surface area contributed by atoms with E-state index in [0.717, 1.165) is 10.5 Å². The van der Waals surface area contributed by atoms with Crippen molar-refractivity contribution in [3.63, 3.8) is 0 Å². The summed E-state index contributed by atoms with van der Waals surface area (Å²) in [5, 5.41) is 8.49. The highest BCUT2D eigenvalue weighted by atomic mass is 32.2. The summed E-state index contributed by atoms with van der Waals surface area (Å²) in [7, 11) is 0. The lowest BCUT2D eigenvalue weighted by Gasteiger charge is -2.08. The molecule has 0 atom stereocenters. The number of rotatable bonds is 5. The Morgan fingerprint density at radius 3 is 2.94 bits per heavy atom. The molecule has 1 N–H and O–H groups in total. The van der Waals surface area contributed by atoms with Gasteiger partial charge in [-0.3, -0.25) is 0 Å². The molecule has 0 unspecified atom stereocenters. The zero-order valence-corrected chi connectivity index (χ0v) is 9.71. The van der Waals surface area contributed by atoms with Gasteiger partial charge >= 0.3 is 5.97 Å². The van der Waals surface area contributed by atoms with Gasteiger partial charge in [0.05, 0.1) is 5.75 Å². The van der Waals surface area contributed by atoms with E-state index in [0.29, 0.717) is 11.5 Å². The first-order chi connectivity index (χ1) is 7.63. The predicted octanol–water partition coefficient (Wildman–Crippen LogP) is 2.18. The number of aryl methyl sites for hydroxylation is 1. The average Bonchev–Trinajstić information content (AvgIpc) is 2.24. The second kappa shape index (κ2) is 6.09. The first-order valence-corrected chi connectivity index (χ1v) is 5.63. The molecule has 1 aromatic carbocycles. The zero-order valence-electron chi connectivity index (χ0n) is 8.90. The van der Waals surface area contributed by atoms with E-state index in [1.54, 1.807) is 17.8 Å². The number of ether oxygens (including phenoxy) is 1. The molecule has 0 radical (unpaired) electrons. The number of carboxylic acids is 1. The van der Waals surface area contributed by atoms with Gasteiger partial charge in [0, 0.05) is 4.90 Å². The largest absolute Gasteiger partial charge is 0.482 e. The fraction of sp³-hybridized carbons (Fsp3) is 0.250. The number of aliphatic carboxylic acids is 1. The van der Waals surface area contributed by atoms with Crippen LogP contribution >= 0.6 is 11.8 Å². The minimum absolute atomic E-state index is 0.322. The highest BCUT2D eigenvalue weighted by Gasteiger charge is 2.03. The molecule has 0 amide bonds. The molecule has 4 heteroatoms. The van der Waals surface area contributed by atoms with E-state index in [1.165, 1.54) is 0 Å². The summed E-state index contributed by atoms with van der Waals surface area (Å²) in [6.07, 6.45) is 5.16. The molecule has 0 aliphatic heterocycles. The Bertz CT molecular complexity index is 421. The first kappa shape index (κ1) is 12.5. The van der Waals surface area contributed by atoms with Crippen molar-refractivity contribution in [2.24, 2.45) is 0 Å². The Balaban J connectivity index is 2.68. The van der Waals surface area contributed by atoms with Gasteiger partial charge in [0.15, 0.2) is 6.61 Å².